The lowest BCUT2D eigenvalue weighted by atomic mass is 9.96. The van der Waals surface area contributed by atoms with Gasteiger partial charge in [0.1, 0.15) is 12.4 Å². The van der Waals surface area contributed by atoms with Crippen LogP contribution in [0.3, 0.4) is 0 Å². The molecule has 0 aliphatic carbocycles. The van der Waals surface area contributed by atoms with Gasteiger partial charge < -0.3 is 10.5 Å². The molecule has 1 aliphatic rings. The van der Waals surface area contributed by atoms with Crippen LogP contribution in [0.15, 0.2) is 23.8 Å². The fraction of sp³-hybridized carbons (Fsp3) is 0.333. The van der Waals surface area contributed by atoms with E-state index in [1.54, 1.807) is 13.0 Å². The minimum atomic E-state index is -4.40. The average molecular weight is 243 g/mol. The van der Waals surface area contributed by atoms with Crippen molar-refractivity contribution in [1.82, 2.24) is 0 Å². The van der Waals surface area contributed by atoms with Crippen molar-refractivity contribution in [2.45, 2.75) is 13.1 Å². The second-order valence-corrected chi connectivity index (χ2v) is 3.90. The van der Waals surface area contributed by atoms with Gasteiger partial charge >= 0.3 is 6.18 Å². The summed E-state index contributed by atoms with van der Waals surface area (Å²) in [5.41, 5.74) is 6.87. The number of rotatable bonds is 1. The molecule has 2 rings (SSSR count). The normalized spacial score (nSPS) is 15.6. The molecule has 0 fully saturated rings. The molecular formula is C12H12F3NO. The van der Waals surface area contributed by atoms with Gasteiger partial charge in [0.15, 0.2) is 0 Å². The Kier molecular flexibility index (Phi) is 2.87. The van der Waals surface area contributed by atoms with Gasteiger partial charge in [0.05, 0.1) is 5.56 Å². The third-order valence-electron chi connectivity index (χ3n) is 2.89. The van der Waals surface area contributed by atoms with Crippen molar-refractivity contribution in [3.8, 4) is 5.75 Å². The number of benzene rings is 1. The van der Waals surface area contributed by atoms with Gasteiger partial charge in [-0.05, 0) is 24.1 Å². The first kappa shape index (κ1) is 12.0. The summed E-state index contributed by atoms with van der Waals surface area (Å²) >= 11 is 0. The number of ether oxygens (including phenoxy) is 1. The zero-order valence-electron chi connectivity index (χ0n) is 9.27. The molecule has 0 amide bonds. The van der Waals surface area contributed by atoms with Gasteiger partial charge in [-0.3, -0.25) is 0 Å². The number of fused-ring (bicyclic) bond motifs is 1. The third kappa shape index (κ3) is 2.02. The fourth-order valence-corrected chi connectivity index (χ4v) is 1.88. The number of alkyl halides is 3. The van der Waals surface area contributed by atoms with Crippen LogP contribution in [-0.2, 0) is 6.18 Å². The minimum Gasteiger partial charge on any atom is -0.488 e. The lowest BCUT2D eigenvalue weighted by Gasteiger charge is -2.24. The predicted molar refractivity (Wildman–Crippen MR) is 58.6 cm³/mol. The van der Waals surface area contributed by atoms with Crippen molar-refractivity contribution in [2.75, 3.05) is 13.2 Å². The number of hydrogen-bond donors (Lipinski definition) is 1. The maximum atomic E-state index is 12.8. The second-order valence-electron chi connectivity index (χ2n) is 3.90. The van der Waals surface area contributed by atoms with Gasteiger partial charge in [0.25, 0.3) is 0 Å². The fourth-order valence-electron chi connectivity index (χ4n) is 1.88. The topological polar surface area (TPSA) is 35.2 Å². The van der Waals surface area contributed by atoms with E-state index in [1.165, 1.54) is 6.07 Å². The molecule has 5 heteroatoms. The maximum Gasteiger partial charge on any atom is 0.419 e. The lowest BCUT2D eigenvalue weighted by molar-refractivity contribution is -0.138. The van der Waals surface area contributed by atoms with E-state index in [4.69, 9.17) is 10.5 Å². The summed E-state index contributed by atoms with van der Waals surface area (Å²) in [4.78, 5) is 0. The highest BCUT2D eigenvalue weighted by Crippen LogP contribution is 2.42. The van der Waals surface area contributed by atoms with E-state index in [0.717, 1.165) is 17.2 Å². The average Bonchev–Trinajstić information content (AvgIpc) is 2.28. The van der Waals surface area contributed by atoms with Crippen molar-refractivity contribution < 1.29 is 17.9 Å². The van der Waals surface area contributed by atoms with Crippen LogP contribution in [0, 0.1) is 0 Å². The Labute approximate surface area is 96.9 Å². The van der Waals surface area contributed by atoms with E-state index < -0.39 is 11.7 Å². The monoisotopic (exact) mass is 243 g/mol. The first-order valence-electron chi connectivity index (χ1n) is 5.17. The Hall–Kier alpha value is -1.49. The van der Waals surface area contributed by atoms with Crippen LogP contribution in [0.25, 0.3) is 5.57 Å². The van der Waals surface area contributed by atoms with Gasteiger partial charge in [-0.1, -0.05) is 12.1 Å². The summed E-state index contributed by atoms with van der Waals surface area (Å²) in [5, 5.41) is 0. The van der Waals surface area contributed by atoms with E-state index in [0.29, 0.717) is 12.1 Å². The molecule has 0 unspecified atom stereocenters. The van der Waals surface area contributed by atoms with Crippen LogP contribution >= 0.6 is 0 Å². The zero-order chi connectivity index (χ0) is 12.6. The third-order valence-corrected chi connectivity index (χ3v) is 2.89. The molecule has 0 aromatic heterocycles. The van der Waals surface area contributed by atoms with Crippen molar-refractivity contribution >= 4 is 5.57 Å². The molecule has 17 heavy (non-hydrogen) atoms. The van der Waals surface area contributed by atoms with Gasteiger partial charge in [-0.15, -0.1) is 0 Å². The molecule has 0 radical (unpaired) electrons. The summed E-state index contributed by atoms with van der Waals surface area (Å²) in [6.07, 6.45) is -4.40. The van der Waals surface area contributed by atoms with Gasteiger partial charge in [-0.25, -0.2) is 0 Å². The SMILES string of the molecule is CC1=C(CN)COc2c1cccc2C(F)(F)F. The van der Waals surface area contributed by atoms with Crippen LogP contribution in [0.2, 0.25) is 0 Å². The maximum absolute atomic E-state index is 12.8. The largest absolute Gasteiger partial charge is 0.488 e. The zero-order valence-corrected chi connectivity index (χ0v) is 9.27. The Morgan fingerprint density at radius 3 is 2.65 bits per heavy atom. The van der Waals surface area contributed by atoms with Crippen LogP contribution in [0.4, 0.5) is 13.2 Å². The summed E-state index contributed by atoms with van der Waals surface area (Å²) in [6, 6.07) is 4.03. The van der Waals surface area contributed by atoms with Gasteiger partial charge in [0.2, 0.25) is 0 Å². The molecule has 2 N–H and O–H groups in total. The molecule has 0 bridgehead atoms. The van der Waals surface area contributed by atoms with Crippen LogP contribution < -0.4 is 10.5 Å². The smallest absolute Gasteiger partial charge is 0.419 e. The molecule has 2 nitrogen and oxygen atoms in total. The van der Waals surface area contributed by atoms with Gasteiger partial charge in [0, 0.05) is 12.1 Å². The molecule has 92 valence electrons. The number of para-hydroxylation sites is 1. The van der Waals surface area contributed by atoms with Crippen LogP contribution in [0.1, 0.15) is 18.1 Å². The summed E-state index contributed by atoms with van der Waals surface area (Å²) in [7, 11) is 0. The Bertz CT molecular complexity index is 477. The number of allylic oxidation sites excluding steroid dienone is 1. The van der Waals surface area contributed by atoms with E-state index in [9.17, 15) is 13.2 Å². The van der Waals surface area contributed by atoms with Crippen LogP contribution in [-0.4, -0.2) is 13.2 Å². The number of halogens is 3. The standard InChI is InChI=1S/C12H12F3NO/c1-7-8(5-16)6-17-11-9(7)3-2-4-10(11)12(13,14)15/h2-4H,5-6,16H2,1H3. The highest BCUT2D eigenvalue weighted by molar-refractivity contribution is 5.75. The Morgan fingerprint density at radius 2 is 2.06 bits per heavy atom. The van der Waals surface area contributed by atoms with Crippen molar-refractivity contribution in [3.05, 3.63) is 34.9 Å². The van der Waals surface area contributed by atoms with Crippen molar-refractivity contribution in [1.29, 1.82) is 0 Å². The van der Waals surface area contributed by atoms with E-state index >= 15 is 0 Å². The number of hydrogen-bond acceptors (Lipinski definition) is 2. The molecular weight excluding hydrogens is 231 g/mol. The number of nitrogens with two attached hydrogens (primary N) is 1. The van der Waals surface area contributed by atoms with Gasteiger partial charge in [-0.2, -0.15) is 13.2 Å². The molecule has 1 aromatic carbocycles. The first-order chi connectivity index (χ1) is 7.95. The predicted octanol–water partition coefficient (Wildman–Crippen LogP) is 2.83. The summed E-state index contributed by atoms with van der Waals surface area (Å²) in [6.45, 7) is 2.19. The van der Waals surface area contributed by atoms with Crippen LogP contribution in [0.5, 0.6) is 5.75 Å². The van der Waals surface area contributed by atoms with E-state index in [1.807, 2.05) is 0 Å². The van der Waals surface area contributed by atoms with E-state index in [-0.39, 0.29) is 12.4 Å². The van der Waals surface area contributed by atoms with Crippen molar-refractivity contribution in [2.24, 2.45) is 5.73 Å². The highest BCUT2D eigenvalue weighted by Gasteiger charge is 2.36. The Morgan fingerprint density at radius 1 is 1.35 bits per heavy atom. The molecule has 1 aliphatic heterocycles. The highest BCUT2D eigenvalue weighted by atomic mass is 19.4. The molecule has 0 atom stereocenters. The first-order valence-corrected chi connectivity index (χ1v) is 5.17. The van der Waals surface area contributed by atoms with Crippen molar-refractivity contribution in [3.63, 3.8) is 0 Å². The second kappa shape index (κ2) is 4.07. The minimum absolute atomic E-state index is 0.0882. The molecule has 1 aromatic rings. The Balaban J connectivity index is 2.60. The summed E-state index contributed by atoms with van der Waals surface area (Å²) in [5.74, 6) is -0.0882. The quantitative estimate of drug-likeness (QED) is 0.823. The lowest BCUT2D eigenvalue weighted by Crippen LogP contribution is -2.19. The molecule has 0 spiro atoms. The summed E-state index contributed by atoms with van der Waals surface area (Å²) < 4.78 is 43.5. The molecule has 0 saturated carbocycles. The molecule has 0 saturated heterocycles. The van der Waals surface area contributed by atoms with E-state index in [2.05, 4.69) is 0 Å². The molecule has 1 heterocycles.